The highest BCUT2D eigenvalue weighted by atomic mass is 35.5. The van der Waals surface area contributed by atoms with E-state index in [2.05, 4.69) is 10.3 Å². The summed E-state index contributed by atoms with van der Waals surface area (Å²) in [5.41, 5.74) is 1.28. The van der Waals surface area contributed by atoms with E-state index in [9.17, 15) is 14.9 Å². The molecule has 2 aromatic carbocycles. The van der Waals surface area contributed by atoms with Crippen molar-refractivity contribution in [3.05, 3.63) is 68.3 Å². The van der Waals surface area contributed by atoms with E-state index < -0.39 is 10.9 Å². The van der Waals surface area contributed by atoms with Crippen molar-refractivity contribution in [3.63, 3.8) is 0 Å². The number of halogens is 2. The molecule has 9 heteroatoms. The first-order chi connectivity index (χ1) is 12.9. The molecule has 1 aromatic heterocycles. The van der Waals surface area contributed by atoms with Crippen molar-refractivity contribution >= 4 is 57.1 Å². The molecule has 0 saturated heterocycles. The lowest BCUT2D eigenvalue weighted by molar-refractivity contribution is -0.384. The summed E-state index contributed by atoms with van der Waals surface area (Å²) in [4.78, 5) is 27.1. The van der Waals surface area contributed by atoms with Gasteiger partial charge in [-0.3, -0.25) is 15.1 Å². The highest BCUT2D eigenvalue weighted by molar-refractivity contribution is 6.45. The lowest BCUT2D eigenvalue weighted by Crippen LogP contribution is -2.09. The molecule has 1 heterocycles. The fourth-order valence-electron chi connectivity index (χ4n) is 2.55. The van der Waals surface area contributed by atoms with Crippen LogP contribution in [0.3, 0.4) is 0 Å². The largest absolute Gasteiger partial charge is 0.462 e. The van der Waals surface area contributed by atoms with Crippen LogP contribution in [0.4, 0.5) is 17.1 Å². The van der Waals surface area contributed by atoms with Gasteiger partial charge >= 0.3 is 5.97 Å². The zero-order chi connectivity index (χ0) is 19.6. The zero-order valence-electron chi connectivity index (χ0n) is 14.0. The van der Waals surface area contributed by atoms with E-state index in [0.29, 0.717) is 27.3 Å². The topological polar surface area (TPSA) is 94.4 Å². The van der Waals surface area contributed by atoms with Crippen molar-refractivity contribution in [1.82, 2.24) is 4.98 Å². The lowest BCUT2D eigenvalue weighted by Gasteiger charge is -2.15. The SMILES string of the molecule is CCOC(=O)c1cnc2c(Cl)c(Cl)ccc2c1Nc1cccc([N+](=O)[O-])c1. The standard InChI is InChI=1S/C18H13Cl2N3O4/c1-2-27-18(24)13-9-21-17-12(6-7-14(19)15(17)20)16(13)22-10-4-3-5-11(8-10)23(25)26/h3-9H,2H2,1H3,(H,21,22). The Morgan fingerprint density at radius 1 is 1.30 bits per heavy atom. The summed E-state index contributed by atoms with van der Waals surface area (Å²) < 4.78 is 5.08. The van der Waals surface area contributed by atoms with Crippen molar-refractivity contribution in [2.45, 2.75) is 6.92 Å². The molecule has 0 saturated carbocycles. The molecule has 0 aliphatic carbocycles. The van der Waals surface area contributed by atoms with E-state index >= 15 is 0 Å². The average molecular weight is 406 g/mol. The van der Waals surface area contributed by atoms with Gasteiger partial charge in [-0.15, -0.1) is 0 Å². The summed E-state index contributed by atoms with van der Waals surface area (Å²) in [7, 11) is 0. The summed E-state index contributed by atoms with van der Waals surface area (Å²) in [6.45, 7) is 1.88. The summed E-state index contributed by atoms with van der Waals surface area (Å²) in [5.74, 6) is -0.578. The highest BCUT2D eigenvalue weighted by Crippen LogP contribution is 2.36. The molecule has 3 rings (SSSR count). The van der Waals surface area contributed by atoms with Crippen molar-refractivity contribution in [3.8, 4) is 0 Å². The third-order valence-electron chi connectivity index (χ3n) is 3.75. The number of benzene rings is 2. The number of carbonyl (C=O) groups excluding carboxylic acids is 1. The van der Waals surface area contributed by atoms with Crippen LogP contribution < -0.4 is 5.32 Å². The van der Waals surface area contributed by atoms with E-state index in [4.69, 9.17) is 27.9 Å². The molecule has 0 aliphatic rings. The maximum atomic E-state index is 12.4. The number of anilines is 2. The van der Waals surface area contributed by atoms with Crippen LogP contribution in [0.1, 0.15) is 17.3 Å². The van der Waals surface area contributed by atoms with Gasteiger partial charge in [-0.05, 0) is 25.1 Å². The summed E-state index contributed by atoms with van der Waals surface area (Å²) in [6, 6.07) is 9.17. The molecule has 3 aromatic rings. The van der Waals surface area contributed by atoms with E-state index in [1.165, 1.54) is 24.4 Å². The predicted molar refractivity (Wildman–Crippen MR) is 104 cm³/mol. The van der Waals surface area contributed by atoms with E-state index in [0.717, 1.165) is 0 Å². The Morgan fingerprint density at radius 3 is 2.78 bits per heavy atom. The number of rotatable bonds is 5. The maximum absolute atomic E-state index is 12.4. The maximum Gasteiger partial charge on any atom is 0.341 e. The van der Waals surface area contributed by atoms with E-state index in [1.54, 1.807) is 25.1 Å². The van der Waals surface area contributed by atoms with E-state index in [-0.39, 0.29) is 22.9 Å². The van der Waals surface area contributed by atoms with Gasteiger partial charge in [0, 0.05) is 29.4 Å². The van der Waals surface area contributed by atoms with Crippen LogP contribution in [-0.2, 0) is 4.74 Å². The molecule has 0 unspecified atom stereocenters. The fourth-order valence-corrected chi connectivity index (χ4v) is 2.91. The normalized spacial score (nSPS) is 10.6. The number of pyridine rings is 1. The van der Waals surface area contributed by atoms with Crippen molar-refractivity contribution in [1.29, 1.82) is 0 Å². The Kier molecular flexibility index (Phi) is 5.43. The van der Waals surface area contributed by atoms with Gasteiger partial charge in [0.2, 0.25) is 0 Å². The Bertz CT molecular complexity index is 1060. The van der Waals surface area contributed by atoms with Gasteiger partial charge in [-0.25, -0.2) is 4.79 Å². The first-order valence-corrected chi connectivity index (χ1v) is 8.63. The second kappa shape index (κ2) is 7.77. The number of nitrogens with one attached hydrogen (secondary N) is 1. The minimum absolute atomic E-state index is 0.0860. The number of nitrogens with zero attached hydrogens (tertiary/aromatic N) is 2. The molecule has 0 atom stereocenters. The molecule has 0 spiro atoms. The van der Waals surface area contributed by atoms with Gasteiger partial charge in [-0.2, -0.15) is 0 Å². The van der Waals surface area contributed by atoms with Crippen molar-refractivity contribution < 1.29 is 14.5 Å². The smallest absolute Gasteiger partial charge is 0.341 e. The van der Waals surface area contributed by atoms with Crippen LogP contribution in [0.25, 0.3) is 10.9 Å². The van der Waals surface area contributed by atoms with Crippen LogP contribution in [0.2, 0.25) is 10.0 Å². The number of ether oxygens (including phenoxy) is 1. The fraction of sp³-hybridized carbons (Fsp3) is 0.111. The molecule has 0 bridgehead atoms. The van der Waals surface area contributed by atoms with Gasteiger partial charge in [0.15, 0.2) is 0 Å². The number of hydrogen-bond acceptors (Lipinski definition) is 6. The van der Waals surface area contributed by atoms with Crippen molar-refractivity contribution in [2.24, 2.45) is 0 Å². The molecular weight excluding hydrogens is 393 g/mol. The Morgan fingerprint density at radius 2 is 2.07 bits per heavy atom. The van der Waals surface area contributed by atoms with Crippen LogP contribution in [0, 0.1) is 10.1 Å². The third-order valence-corrected chi connectivity index (χ3v) is 4.55. The summed E-state index contributed by atoms with van der Waals surface area (Å²) in [6.07, 6.45) is 1.34. The average Bonchev–Trinajstić information content (AvgIpc) is 2.65. The van der Waals surface area contributed by atoms with Gasteiger partial charge in [0.05, 0.1) is 32.8 Å². The Labute approximate surface area is 164 Å². The van der Waals surface area contributed by atoms with Gasteiger partial charge in [0.1, 0.15) is 5.56 Å². The van der Waals surface area contributed by atoms with Crippen molar-refractivity contribution in [2.75, 3.05) is 11.9 Å². The Hall–Kier alpha value is -2.90. The summed E-state index contributed by atoms with van der Waals surface area (Å²) >= 11 is 12.3. The van der Waals surface area contributed by atoms with Crippen LogP contribution >= 0.6 is 23.2 Å². The summed E-state index contributed by atoms with van der Waals surface area (Å²) in [5, 5.41) is 15.2. The molecule has 27 heavy (non-hydrogen) atoms. The molecule has 7 nitrogen and oxygen atoms in total. The quantitative estimate of drug-likeness (QED) is 0.348. The number of non-ortho nitro benzene ring substituents is 1. The first-order valence-electron chi connectivity index (χ1n) is 7.87. The highest BCUT2D eigenvalue weighted by Gasteiger charge is 2.19. The number of nitro benzene ring substituents is 1. The second-order valence-corrected chi connectivity index (χ2v) is 6.24. The van der Waals surface area contributed by atoms with E-state index in [1.807, 2.05) is 0 Å². The number of hydrogen-bond donors (Lipinski definition) is 1. The molecule has 0 radical (unpaired) electrons. The number of carbonyl (C=O) groups is 1. The number of nitro groups is 1. The molecule has 0 fully saturated rings. The predicted octanol–water partition coefficient (Wildman–Crippen LogP) is 5.37. The number of esters is 1. The minimum atomic E-state index is -0.578. The van der Waals surface area contributed by atoms with Gasteiger partial charge < -0.3 is 10.1 Å². The monoisotopic (exact) mass is 405 g/mol. The van der Waals surface area contributed by atoms with Crippen LogP contribution in [0.15, 0.2) is 42.6 Å². The molecular formula is C18H13Cl2N3O4. The molecule has 0 amide bonds. The molecule has 0 aliphatic heterocycles. The van der Waals surface area contributed by atoms with Crippen LogP contribution in [0.5, 0.6) is 0 Å². The third kappa shape index (κ3) is 3.79. The lowest BCUT2D eigenvalue weighted by atomic mass is 10.1. The van der Waals surface area contributed by atoms with Gasteiger partial charge in [-0.1, -0.05) is 29.3 Å². The zero-order valence-corrected chi connectivity index (χ0v) is 15.5. The minimum Gasteiger partial charge on any atom is -0.462 e. The van der Waals surface area contributed by atoms with Gasteiger partial charge in [0.25, 0.3) is 5.69 Å². The molecule has 1 N–H and O–H groups in total. The molecule has 138 valence electrons. The van der Waals surface area contributed by atoms with Crippen LogP contribution in [-0.4, -0.2) is 22.5 Å². The first kappa shape index (κ1) is 18.9. The Balaban J connectivity index is 2.19. The number of fused-ring (bicyclic) bond motifs is 1. The second-order valence-electron chi connectivity index (χ2n) is 5.46. The number of aromatic nitrogens is 1.